The Labute approximate surface area is 92.2 Å². The van der Waals surface area contributed by atoms with Gasteiger partial charge in [-0.05, 0) is 19.1 Å². The molecule has 0 aliphatic carbocycles. The molecule has 1 N–H and O–H groups in total. The molecule has 2 rings (SSSR count). The van der Waals surface area contributed by atoms with Gasteiger partial charge in [-0.15, -0.1) is 6.58 Å². The smallest absolute Gasteiger partial charge is 0.336 e. The maximum Gasteiger partial charge on any atom is 0.336 e. The lowest BCUT2D eigenvalue weighted by Crippen LogP contribution is -2.22. The van der Waals surface area contributed by atoms with Crippen LogP contribution in [0.15, 0.2) is 24.8 Å². The van der Waals surface area contributed by atoms with Gasteiger partial charge in [-0.2, -0.15) is 0 Å². The predicted molar refractivity (Wildman–Crippen MR) is 56.4 cm³/mol. The monoisotopic (exact) mass is 222 g/mol. The lowest BCUT2D eigenvalue weighted by Gasteiger charge is -2.18. The van der Waals surface area contributed by atoms with Gasteiger partial charge >= 0.3 is 5.97 Å². The summed E-state index contributed by atoms with van der Waals surface area (Å²) in [5.41, 5.74) is -0.211. The summed E-state index contributed by atoms with van der Waals surface area (Å²) >= 11 is 0. The third-order valence-corrected chi connectivity index (χ3v) is 2.88. The predicted octanol–water partition coefficient (Wildman–Crippen LogP) is 2.36. The fraction of sp³-hybridized carbons (Fsp3) is 0.250. The van der Waals surface area contributed by atoms with Gasteiger partial charge in [-0.1, -0.05) is 6.08 Å². The summed E-state index contributed by atoms with van der Waals surface area (Å²) in [5.74, 6) is -1.59. The minimum atomic E-state index is -1.09. The van der Waals surface area contributed by atoms with Gasteiger partial charge in [0.1, 0.15) is 6.61 Å². The first kappa shape index (κ1) is 10.7. The van der Waals surface area contributed by atoms with Crippen LogP contribution >= 0.6 is 0 Å². The van der Waals surface area contributed by atoms with E-state index in [0.717, 1.165) is 6.07 Å². The molecule has 4 heteroatoms. The molecule has 1 unspecified atom stereocenters. The fourth-order valence-electron chi connectivity index (χ4n) is 1.90. The number of carboxylic acid groups (broad SMARTS) is 1. The van der Waals surface area contributed by atoms with Crippen molar-refractivity contribution in [2.45, 2.75) is 12.3 Å². The minimum Gasteiger partial charge on any atom is -0.489 e. The summed E-state index contributed by atoms with van der Waals surface area (Å²) in [4.78, 5) is 11.1. The van der Waals surface area contributed by atoms with Gasteiger partial charge in [0.25, 0.3) is 0 Å². The molecule has 0 amide bonds. The average molecular weight is 222 g/mol. The standard InChI is InChI=1S/C12H11FO3/c1-3-12(2)6-16-10-8(13)5-4-7(9(10)12)11(14)15/h3-5H,1,6H2,2H3,(H,14,15). The van der Waals surface area contributed by atoms with E-state index in [9.17, 15) is 9.18 Å². The second-order valence-corrected chi connectivity index (χ2v) is 4.01. The summed E-state index contributed by atoms with van der Waals surface area (Å²) in [6.45, 7) is 5.64. The van der Waals surface area contributed by atoms with Crippen molar-refractivity contribution in [3.63, 3.8) is 0 Å². The van der Waals surface area contributed by atoms with Crippen molar-refractivity contribution in [2.24, 2.45) is 0 Å². The van der Waals surface area contributed by atoms with Gasteiger partial charge in [-0.3, -0.25) is 0 Å². The Balaban J connectivity index is 2.75. The Morgan fingerprint density at radius 1 is 1.69 bits per heavy atom. The number of halogens is 1. The summed E-state index contributed by atoms with van der Waals surface area (Å²) in [7, 11) is 0. The van der Waals surface area contributed by atoms with Crippen LogP contribution in [0.1, 0.15) is 22.8 Å². The maximum atomic E-state index is 13.5. The van der Waals surface area contributed by atoms with E-state index in [-0.39, 0.29) is 17.9 Å². The molecule has 0 aromatic heterocycles. The van der Waals surface area contributed by atoms with Crippen molar-refractivity contribution < 1.29 is 19.0 Å². The highest BCUT2D eigenvalue weighted by Gasteiger charge is 2.39. The Morgan fingerprint density at radius 3 is 2.94 bits per heavy atom. The summed E-state index contributed by atoms with van der Waals surface area (Å²) in [5, 5.41) is 9.06. The molecular weight excluding hydrogens is 211 g/mol. The van der Waals surface area contributed by atoms with Crippen LogP contribution in [0.3, 0.4) is 0 Å². The number of hydrogen-bond acceptors (Lipinski definition) is 2. The Kier molecular flexibility index (Phi) is 2.22. The second-order valence-electron chi connectivity index (χ2n) is 4.01. The fourth-order valence-corrected chi connectivity index (χ4v) is 1.90. The van der Waals surface area contributed by atoms with Gasteiger partial charge in [0, 0.05) is 11.0 Å². The number of carbonyl (C=O) groups is 1. The van der Waals surface area contributed by atoms with E-state index in [0.29, 0.717) is 5.56 Å². The molecule has 0 fully saturated rings. The van der Waals surface area contributed by atoms with E-state index in [1.165, 1.54) is 6.07 Å². The molecule has 3 nitrogen and oxygen atoms in total. The quantitative estimate of drug-likeness (QED) is 0.781. The molecule has 1 aromatic rings. The van der Waals surface area contributed by atoms with Gasteiger partial charge in [-0.25, -0.2) is 9.18 Å². The molecule has 0 radical (unpaired) electrons. The number of rotatable bonds is 2. The first-order chi connectivity index (χ1) is 7.49. The zero-order valence-electron chi connectivity index (χ0n) is 8.79. The van der Waals surface area contributed by atoms with Gasteiger partial charge < -0.3 is 9.84 Å². The molecule has 84 valence electrons. The molecule has 0 saturated heterocycles. The topological polar surface area (TPSA) is 46.5 Å². The van der Waals surface area contributed by atoms with Crippen molar-refractivity contribution >= 4 is 5.97 Å². The van der Waals surface area contributed by atoms with Crippen molar-refractivity contribution in [2.75, 3.05) is 6.61 Å². The molecule has 0 bridgehead atoms. The number of aromatic carboxylic acids is 1. The molecule has 16 heavy (non-hydrogen) atoms. The van der Waals surface area contributed by atoms with E-state index >= 15 is 0 Å². The molecule has 1 aromatic carbocycles. The van der Waals surface area contributed by atoms with Crippen LogP contribution in [-0.2, 0) is 5.41 Å². The van der Waals surface area contributed by atoms with E-state index in [1.54, 1.807) is 13.0 Å². The highest BCUT2D eigenvalue weighted by molar-refractivity contribution is 5.91. The molecule has 0 saturated carbocycles. The zero-order valence-corrected chi connectivity index (χ0v) is 8.79. The molecule has 1 aliphatic rings. The first-order valence-electron chi connectivity index (χ1n) is 4.82. The molecule has 1 aliphatic heterocycles. The van der Waals surface area contributed by atoms with Crippen LogP contribution in [0.25, 0.3) is 0 Å². The van der Waals surface area contributed by atoms with E-state index in [2.05, 4.69) is 6.58 Å². The van der Waals surface area contributed by atoms with Crippen LogP contribution in [0, 0.1) is 5.82 Å². The highest BCUT2D eigenvalue weighted by atomic mass is 19.1. The third-order valence-electron chi connectivity index (χ3n) is 2.88. The number of carboxylic acids is 1. The number of fused-ring (bicyclic) bond motifs is 1. The van der Waals surface area contributed by atoms with Crippen molar-refractivity contribution in [3.05, 3.63) is 41.7 Å². The molecule has 1 heterocycles. The van der Waals surface area contributed by atoms with Crippen molar-refractivity contribution in [1.82, 2.24) is 0 Å². The second kappa shape index (κ2) is 3.33. The normalized spacial score (nSPS) is 22.4. The van der Waals surface area contributed by atoms with Crippen LogP contribution < -0.4 is 4.74 Å². The lowest BCUT2D eigenvalue weighted by molar-refractivity contribution is 0.0695. The zero-order chi connectivity index (χ0) is 11.9. The van der Waals surface area contributed by atoms with Crippen LogP contribution in [0.2, 0.25) is 0 Å². The maximum absolute atomic E-state index is 13.5. The van der Waals surface area contributed by atoms with Crippen molar-refractivity contribution in [1.29, 1.82) is 0 Å². The number of hydrogen-bond donors (Lipinski definition) is 1. The van der Waals surface area contributed by atoms with Gasteiger partial charge in [0.2, 0.25) is 0 Å². The average Bonchev–Trinajstić information content (AvgIpc) is 2.59. The Bertz CT molecular complexity index is 481. The minimum absolute atomic E-state index is 0.0299. The largest absolute Gasteiger partial charge is 0.489 e. The first-order valence-corrected chi connectivity index (χ1v) is 4.82. The summed E-state index contributed by atoms with van der Waals surface area (Å²) in [6.07, 6.45) is 1.59. The van der Waals surface area contributed by atoms with Crippen LogP contribution in [-0.4, -0.2) is 17.7 Å². The van der Waals surface area contributed by atoms with Crippen LogP contribution in [0.4, 0.5) is 4.39 Å². The van der Waals surface area contributed by atoms with Crippen molar-refractivity contribution in [3.8, 4) is 5.75 Å². The number of benzene rings is 1. The Morgan fingerprint density at radius 2 is 2.38 bits per heavy atom. The summed E-state index contributed by atoms with van der Waals surface area (Å²) < 4.78 is 18.7. The third kappa shape index (κ3) is 1.30. The van der Waals surface area contributed by atoms with Gasteiger partial charge in [0.15, 0.2) is 11.6 Å². The van der Waals surface area contributed by atoms with E-state index in [1.807, 2.05) is 0 Å². The lowest BCUT2D eigenvalue weighted by atomic mass is 9.82. The molecular formula is C12H11FO3. The Hall–Kier alpha value is -1.84. The SMILES string of the molecule is C=CC1(C)COc2c(F)ccc(C(=O)O)c21. The molecule has 0 spiro atoms. The number of ether oxygens (including phenoxy) is 1. The van der Waals surface area contributed by atoms with E-state index in [4.69, 9.17) is 9.84 Å². The summed E-state index contributed by atoms with van der Waals surface area (Å²) in [6, 6.07) is 2.37. The molecule has 1 atom stereocenters. The van der Waals surface area contributed by atoms with Gasteiger partial charge in [0.05, 0.1) is 5.56 Å². The van der Waals surface area contributed by atoms with Crippen LogP contribution in [0.5, 0.6) is 5.75 Å². The highest BCUT2D eigenvalue weighted by Crippen LogP contribution is 2.43. The van der Waals surface area contributed by atoms with E-state index < -0.39 is 17.2 Å².